The Bertz CT molecular complexity index is 2170. The van der Waals surface area contributed by atoms with Crippen molar-refractivity contribution in [1.29, 1.82) is 0 Å². The van der Waals surface area contributed by atoms with Crippen LogP contribution < -0.4 is 21.7 Å². The fourth-order valence-corrected chi connectivity index (χ4v) is 6.91. The van der Waals surface area contributed by atoms with Crippen molar-refractivity contribution in [2.75, 3.05) is 13.2 Å². The summed E-state index contributed by atoms with van der Waals surface area (Å²) in [5.74, 6) is -2.02. The zero-order chi connectivity index (χ0) is 45.7. The van der Waals surface area contributed by atoms with Gasteiger partial charge in [0.05, 0.1) is 12.8 Å². The van der Waals surface area contributed by atoms with Gasteiger partial charge in [-0.15, -0.1) is 5.10 Å². The summed E-state index contributed by atoms with van der Waals surface area (Å²) < 4.78 is 57.8. The molecule has 0 saturated carbocycles. The Kier molecular flexibility index (Phi) is 17.7. The first-order valence-corrected chi connectivity index (χ1v) is 20.3. The van der Waals surface area contributed by atoms with E-state index < -0.39 is 78.6 Å². The van der Waals surface area contributed by atoms with E-state index in [0.717, 1.165) is 73.9 Å². The average Bonchev–Trinajstić information content (AvgIpc) is 3.93. The molecule has 8 N–H and O–H groups in total. The number of ether oxygens (including phenoxy) is 4. The molecule has 2 saturated heterocycles. The Morgan fingerprint density at radius 1 is 0.825 bits per heavy atom. The van der Waals surface area contributed by atoms with Gasteiger partial charge in [-0.05, 0) is 37.1 Å². The summed E-state index contributed by atoms with van der Waals surface area (Å²) in [5, 5.41) is 58.5. The van der Waals surface area contributed by atoms with Gasteiger partial charge in [-0.2, -0.15) is 13.2 Å². The molecule has 6 rings (SSSR count). The van der Waals surface area contributed by atoms with E-state index in [1.54, 1.807) is 35.1 Å². The first-order chi connectivity index (χ1) is 30.1. The molecule has 63 heavy (non-hydrogen) atoms. The van der Waals surface area contributed by atoms with E-state index in [1.807, 2.05) is 30.3 Å². The molecule has 2 aliphatic rings. The van der Waals surface area contributed by atoms with E-state index in [2.05, 4.69) is 15.3 Å². The third-order valence-corrected chi connectivity index (χ3v) is 10.3. The topological polar surface area (TPSA) is 284 Å². The number of nitrogens with one attached hydrogen (secondary N) is 1. The lowest BCUT2D eigenvalue weighted by molar-refractivity contribution is -0.224. The lowest BCUT2D eigenvalue weighted by atomic mass is 10.0. The molecule has 4 aromatic rings. The van der Waals surface area contributed by atoms with Gasteiger partial charge in [0.1, 0.15) is 54.2 Å². The van der Waals surface area contributed by atoms with E-state index >= 15 is 0 Å². The van der Waals surface area contributed by atoms with Crippen LogP contribution in [0.25, 0.3) is 0 Å². The number of rotatable bonds is 20. The van der Waals surface area contributed by atoms with Crippen LogP contribution in [-0.4, -0.2) is 124 Å². The maximum absolute atomic E-state index is 12.6. The molecule has 4 heterocycles. The molecule has 0 amide bonds. The molecule has 0 bridgehead atoms. The Balaban J connectivity index is 0.000000985. The smallest absolute Gasteiger partial charge is 0.490 e. The predicted molar refractivity (Wildman–Crippen MR) is 213 cm³/mol. The summed E-state index contributed by atoms with van der Waals surface area (Å²) in [6.45, 7) is 1.06. The van der Waals surface area contributed by atoms with Crippen LogP contribution in [0.15, 0.2) is 82.6 Å². The molecule has 0 unspecified atom stereocenters. The van der Waals surface area contributed by atoms with E-state index in [1.165, 1.54) is 0 Å². The van der Waals surface area contributed by atoms with Gasteiger partial charge in [0, 0.05) is 36.5 Å². The molecule has 9 atom stereocenters. The largest absolute Gasteiger partial charge is 0.494 e. The third kappa shape index (κ3) is 13.3. The Morgan fingerprint density at radius 2 is 1.44 bits per heavy atom. The highest BCUT2D eigenvalue weighted by atomic mass is 19.4. The fraction of sp³-hybridized carbons (Fsp3) is 0.512. The summed E-state index contributed by atoms with van der Waals surface area (Å²) in [6.07, 6.45) is -6.55. The molecule has 19 nitrogen and oxygen atoms in total. The second-order valence-electron chi connectivity index (χ2n) is 14.9. The maximum atomic E-state index is 12.6. The molecular formula is C41H51F3N6O13. The Hall–Kier alpha value is -5.33. The molecule has 0 aliphatic carbocycles. The van der Waals surface area contributed by atoms with Gasteiger partial charge in [0.2, 0.25) is 0 Å². The first-order valence-electron chi connectivity index (χ1n) is 20.3. The summed E-state index contributed by atoms with van der Waals surface area (Å²) in [5.41, 5.74) is 5.64. The third-order valence-electron chi connectivity index (χ3n) is 10.3. The first kappa shape index (κ1) is 48.7. The van der Waals surface area contributed by atoms with E-state index in [9.17, 15) is 48.0 Å². The number of hydrogen-bond acceptors (Lipinski definition) is 15. The number of carbonyl (C=O) groups excluding carboxylic acids is 1. The van der Waals surface area contributed by atoms with Crippen LogP contribution in [0, 0.1) is 0 Å². The number of aryl methyl sites for hydroxylation is 1. The number of unbranched alkanes of at least 4 members (excludes halogenated alkanes) is 7. The lowest BCUT2D eigenvalue weighted by Gasteiger charge is -2.28. The van der Waals surface area contributed by atoms with E-state index in [0.29, 0.717) is 24.3 Å². The minimum atomic E-state index is -5.08. The SMILES string of the molecule is NC[C@H]1O[C@@H](O[C@@H](c2cn(CCCCCCCCCCOc3ccc(C(=O)c4ccccc4)cc3)nn2)[C@H]2O[C@@H](n3ccc(=O)[nH]c3=O)[C@H](O)[C@@H]2O)[C@H](O)[C@@H]1O.O=C(O)C(F)(F)F. The van der Waals surface area contributed by atoms with Crippen LogP contribution in [-0.2, 0) is 25.5 Å². The second kappa shape index (κ2) is 22.9. The van der Waals surface area contributed by atoms with Crippen LogP contribution in [0.5, 0.6) is 5.75 Å². The average molecular weight is 893 g/mol. The lowest BCUT2D eigenvalue weighted by Crippen LogP contribution is -2.40. The van der Waals surface area contributed by atoms with Crippen molar-refractivity contribution in [3.05, 3.63) is 111 Å². The number of carboxylic acids is 1. The number of aromatic nitrogens is 5. The summed E-state index contributed by atoms with van der Waals surface area (Å²) in [6, 6.07) is 17.5. The quantitative estimate of drug-likeness (QED) is 0.0493. The van der Waals surface area contributed by atoms with Gasteiger partial charge < -0.3 is 50.2 Å². The zero-order valence-corrected chi connectivity index (χ0v) is 33.9. The number of benzene rings is 2. The van der Waals surface area contributed by atoms with Crippen LogP contribution in [0.2, 0.25) is 0 Å². The fourth-order valence-electron chi connectivity index (χ4n) is 6.91. The normalized spacial score (nSPS) is 23.8. The molecule has 2 aromatic carbocycles. The number of hydrogen-bond donors (Lipinski definition) is 7. The molecule has 2 fully saturated rings. The van der Waals surface area contributed by atoms with Crippen molar-refractivity contribution in [1.82, 2.24) is 24.5 Å². The number of aliphatic hydroxyl groups is 4. The van der Waals surface area contributed by atoms with Gasteiger partial charge in [-0.3, -0.25) is 23.8 Å². The number of alkyl halides is 3. The van der Waals surface area contributed by atoms with Crippen molar-refractivity contribution in [2.24, 2.45) is 5.73 Å². The highest BCUT2D eigenvalue weighted by Crippen LogP contribution is 2.39. The number of nitrogens with two attached hydrogens (primary N) is 1. The summed E-state index contributed by atoms with van der Waals surface area (Å²) in [7, 11) is 0. The van der Waals surface area contributed by atoms with Gasteiger partial charge in [0.15, 0.2) is 18.3 Å². The van der Waals surface area contributed by atoms with Crippen molar-refractivity contribution < 1.29 is 67.2 Å². The number of carbonyl (C=O) groups is 2. The molecular weight excluding hydrogens is 841 g/mol. The minimum absolute atomic E-state index is 0.0132. The van der Waals surface area contributed by atoms with Crippen molar-refractivity contribution >= 4 is 11.8 Å². The molecule has 0 spiro atoms. The van der Waals surface area contributed by atoms with Crippen molar-refractivity contribution in [3.63, 3.8) is 0 Å². The van der Waals surface area contributed by atoms with Gasteiger partial charge in [-0.25, -0.2) is 9.59 Å². The number of halogens is 3. The Labute approximate surface area is 357 Å². The van der Waals surface area contributed by atoms with E-state index in [-0.39, 0.29) is 18.0 Å². The van der Waals surface area contributed by atoms with Gasteiger partial charge in [0.25, 0.3) is 5.56 Å². The number of H-pyrrole nitrogens is 1. The van der Waals surface area contributed by atoms with Crippen LogP contribution >= 0.6 is 0 Å². The standard InChI is InChI=1S/C39H50N6O11.C2HF3O2/c40-22-28-31(48)34(51)38(54-28)56-35(36-32(49)33(50)37(55-36)45-20-18-29(46)41-39(45)52)27-23-44(43-42-27)19-10-5-3-1-2-4-6-11-21-53-26-16-14-25(15-17-26)30(47)24-12-8-7-9-13-24;3-2(4,5)1(6)7/h7-9,12-18,20,23,28,31-38,48-51H,1-6,10-11,19,21-22,40H2,(H,41,46,52);(H,6,7)/t28-,31-,32+,33-,34-,35+,36+,37-,38+;/m1./s1. The monoisotopic (exact) mass is 892 g/mol. The van der Waals surface area contributed by atoms with Crippen molar-refractivity contribution in [3.8, 4) is 5.75 Å². The zero-order valence-electron chi connectivity index (χ0n) is 33.9. The number of nitrogens with zero attached hydrogens (tertiary/aromatic N) is 4. The van der Waals surface area contributed by atoms with Crippen LogP contribution in [0.1, 0.15) is 85.3 Å². The Morgan fingerprint density at radius 3 is 2.05 bits per heavy atom. The van der Waals surface area contributed by atoms with Crippen LogP contribution in [0.3, 0.4) is 0 Å². The number of carboxylic acid groups (broad SMARTS) is 1. The molecule has 22 heteroatoms. The maximum Gasteiger partial charge on any atom is 0.490 e. The molecule has 0 radical (unpaired) electrons. The summed E-state index contributed by atoms with van der Waals surface area (Å²) in [4.78, 5) is 47.6. The van der Waals surface area contributed by atoms with Crippen molar-refractivity contribution in [2.45, 2.75) is 119 Å². The highest BCUT2D eigenvalue weighted by molar-refractivity contribution is 6.08. The molecule has 2 aromatic heterocycles. The van der Waals surface area contributed by atoms with Gasteiger partial charge in [-0.1, -0.05) is 74.1 Å². The van der Waals surface area contributed by atoms with Crippen LogP contribution in [0.4, 0.5) is 13.2 Å². The number of ketones is 1. The molecule has 344 valence electrons. The number of aliphatic hydroxyl groups excluding tert-OH is 4. The highest BCUT2D eigenvalue weighted by Gasteiger charge is 2.52. The minimum Gasteiger partial charge on any atom is -0.494 e. The van der Waals surface area contributed by atoms with Gasteiger partial charge >= 0.3 is 17.8 Å². The second-order valence-corrected chi connectivity index (χ2v) is 14.9. The number of aromatic amines is 1. The molecule has 2 aliphatic heterocycles. The predicted octanol–water partition coefficient (Wildman–Crippen LogP) is 1.97. The summed E-state index contributed by atoms with van der Waals surface area (Å²) >= 11 is 0. The number of aliphatic carboxylic acids is 1. The van der Waals surface area contributed by atoms with E-state index in [4.69, 9.17) is 34.6 Å².